The van der Waals surface area contributed by atoms with Crippen LogP contribution in [0.1, 0.15) is 6.42 Å². The van der Waals surface area contributed by atoms with Crippen LogP contribution in [0.15, 0.2) is 32.7 Å². The zero-order chi connectivity index (χ0) is 14.6. The summed E-state index contributed by atoms with van der Waals surface area (Å²) in [6, 6.07) is 3.69. The minimum atomic E-state index is -3.94. The molecule has 0 saturated heterocycles. The van der Waals surface area contributed by atoms with Crippen LogP contribution in [0.25, 0.3) is 0 Å². The quantitative estimate of drug-likeness (QED) is 0.361. The molecule has 0 spiro atoms. The third-order valence-electron chi connectivity index (χ3n) is 2.39. The molecule has 0 aromatic heterocycles. The lowest BCUT2D eigenvalue weighted by Crippen LogP contribution is -2.31. The van der Waals surface area contributed by atoms with Gasteiger partial charge in [-0.25, -0.2) is 17.1 Å². The lowest BCUT2D eigenvalue weighted by Gasteiger charge is -2.17. The second kappa shape index (κ2) is 6.31. The van der Waals surface area contributed by atoms with Crippen LogP contribution in [0.2, 0.25) is 0 Å². The lowest BCUT2D eigenvalue weighted by molar-refractivity contribution is 0.316. The van der Waals surface area contributed by atoms with Crippen LogP contribution >= 0.6 is 15.9 Å². The maximum atomic E-state index is 13.6. The van der Waals surface area contributed by atoms with Crippen LogP contribution in [0.3, 0.4) is 0 Å². The van der Waals surface area contributed by atoms with Crippen molar-refractivity contribution in [2.75, 3.05) is 13.6 Å². The number of nitrogens with two attached hydrogens (primary N) is 1. The number of benzene rings is 1. The fraction of sp³-hybridized carbons (Fsp3) is 0.300. The summed E-state index contributed by atoms with van der Waals surface area (Å²) in [5, 5.41) is 11.1. The zero-order valence-electron chi connectivity index (χ0n) is 10.0. The summed E-state index contributed by atoms with van der Waals surface area (Å²) < 4.78 is 39.2. The number of halogens is 2. The Morgan fingerprint density at radius 1 is 1.58 bits per heavy atom. The Labute approximate surface area is 118 Å². The maximum absolute atomic E-state index is 13.6. The number of sulfonamides is 1. The standard InChI is InChI=1S/C10H13BrFN3O3S/c1-15(5-4-10(13)14-16)19(17,18)9-3-2-7(11)6-8(9)12/h2-3,6,16H,4-5H2,1H3,(H2,13,14). The van der Waals surface area contributed by atoms with Crippen LogP contribution in [0, 0.1) is 5.82 Å². The van der Waals surface area contributed by atoms with Gasteiger partial charge in [0.25, 0.3) is 0 Å². The van der Waals surface area contributed by atoms with Crippen LogP contribution in [-0.4, -0.2) is 37.4 Å². The van der Waals surface area contributed by atoms with E-state index in [4.69, 9.17) is 10.9 Å². The highest BCUT2D eigenvalue weighted by Gasteiger charge is 2.24. The molecule has 0 aliphatic rings. The third kappa shape index (κ3) is 3.88. The van der Waals surface area contributed by atoms with Crippen molar-refractivity contribution >= 4 is 31.8 Å². The molecule has 0 amide bonds. The van der Waals surface area contributed by atoms with Gasteiger partial charge in [-0.1, -0.05) is 21.1 Å². The molecule has 0 saturated carbocycles. The normalized spacial score (nSPS) is 12.9. The SMILES string of the molecule is CN(CC/C(N)=N/O)S(=O)(=O)c1ccc(Br)cc1F. The summed E-state index contributed by atoms with van der Waals surface area (Å²) in [7, 11) is -2.65. The van der Waals surface area contributed by atoms with Crippen molar-refractivity contribution in [2.24, 2.45) is 10.9 Å². The highest BCUT2D eigenvalue weighted by Crippen LogP contribution is 2.22. The number of oxime groups is 1. The number of amidine groups is 1. The van der Waals surface area contributed by atoms with Gasteiger partial charge in [-0.2, -0.15) is 0 Å². The fourth-order valence-electron chi connectivity index (χ4n) is 1.29. The Morgan fingerprint density at radius 2 is 2.21 bits per heavy atom. The molecule has 3 N–H and O–H groups in total. The summed E-state index contributed by atoms with van der Waals surface area (Å²) in [6.07, 6.45) is 0.0460. The van der Waals surface area contributed by atoms with E-state index in [0.717, 1.165) is 10.4 Å². The van der Waals surface area contributed by atoms with E-state index in [2.05, 4.69) is 21.1 Å². The largest absolute Gasteiger partial charge is 0.409 e. The van der Waals surface area contributed by atoms with E-state index in [9.17, 15) is 12.8 Å². The summed E-state index contributed by atoms with van der Waals surface area (Å²) in [5.41, 5.74) is 5.25. The molecule has 0 heterocycles. The van der Waals surface area contributed by atoms with E-state index in [0.29, 0.717) is 4.47 Å². The van der Waals surface area contributed by atoms with Gasteiger partial charge in [0.05, 0.1) is 0 Å². The van der Waals surface area contributed by atoms with Gasteiger partial charge in [-0.05, 0) is 18.2 Å². The highest BCUT2D eigenvalue weighted by atomic mass is 79.9. The average Bonchev–Trinajstić information content (AvgIpc) is 2.34. The topological polar surface area (TPSA) is 96.0 Å². The lowest BCUT2D eigenvalue weighted by atomic mass is 10.3. The Hall–Kier alpha value is -1.19. The molecule has 1 aromatic carbocycles. The number of hydrogen-bond donors (Lipinski definition) is 2. The monoisotopic (exact) mass is 353 g/mol. The van der Waals surface area contributed by atoms with Crippen molar-refractivity contribution < 1.29 is 18.0 Å². The van der Waals surface area contributed by atoms with E-state index < -0.39 is 20.7 Å². The Morgan fingerprint density at radius 3 is 2.74 bits per heavy atom. The highest BCUT2D eigenvalue weighted by molar-refractivity contribution is 9.10. The first-order valence-electron chi connectivity index (χ1n) is 5.17. The van der Waals surface area contributed by atoms with Crippen molar-refractivity contribution in [2.45, 2.75) is 11.3 Å². The van der Waals surface area contributed by atoms with Gasteiger partial charge in [0.2, 0.25) is 10.0 Å². The molecule has 1 aromatic rings. The molecule has 0 atom stereocenters. The molecule has 0 bridgehead atoms. The number of hydrogen-bond acceptors (Lipinski definition) is 4. The van der Waals surface area contributed by atoms with Gasteiger partial charge in [-0.15, -0.1) is 0 Å². The van der Waals surface area contributed by atoms with E-state index in [-0.39, 0.29) is 18.8 Å². The molecule has 0 aliphatic heterocycles. The number of rotatable bonds is 5. The number of nitrogens with zero attached hydrogens (tertiary/aromatic N) is 2. The molecule has 0 aliphatic carbocycles. The smallest absolute Gasteiger partial charge is 0.245 e. The van der Waals surface area contributed by atoms with Gasteiger partial charge in [-0.3, -0.25) is 0 Å². The molecule has 106 valence electrons. The van der Waals surface area contributed by atoms with E-state index in [1.54, 1.807) is 0 Å². The van der Waals surface area contributed by atoms with E-state index >= 15 is 0 Å². The van der Waals surface area contributed by atoms with Gasteiger partial charge < -0.3 is 10.9 Å². The van der Waals surface area contributed by atoms with Gasteiger partial charge in [0, 0.05) is 24.5 Å². The average molecular weight is 354 g/mol. The Bertz CT molecular complexity index is 592. The molecular weight excluding hydrogens is 341 g/mol. The van der Waals surface area contributed by atoms with Crippen molar-refractivity contribution in [3.05, 3.63) is 28.5 Å². The fourth-order valence-corrected chi connectivity index (χ4v) is 2.84. The molecule has 0 unspecified atom stereocenters. The van der Waals surface area contributed by atoms with Gasteiger partial charge in [0.15, 0.2) is 0 Å². The second-order valence-electron chi connectivity index (χ2n) is 3.74. The van der Waals surface area contributed by atoms with Crippen molar-refractivity contribution in [1.82, 2.24) is 4.31 Å². The maximum Gasteiger partial charge on any atom is 0.245 e. The van der Waals surface area contributed by atoms with Crippen molar-refractivity contribution in [3.63, 3.8) is 0 Å². The van der Waals surface area contributed by atoms with Crippen LogP contribution in [0.5, 0.6) is 0 Å². The second-order valence-corrected chi connectivity index (χ2v) is 6.67. The summed E-state index contributed by atoms with van der Waals surface area (Å²) in [5.74, 6) is -0.941. The van der Waals surface area contributed by atoms with Crippen LogP contribution in [0.4, 0.5) is 4.39 Å². The Balaban J connectivity index is 2.97. The van der Waals surface area contributed by atoms with Crippen molar-refractivity contribution in [3.8, 4) is 0 Å². The van der Waals surface area contributed by atoms with Gasteiger partial charge >= 0.3 is 0 Å². The predicted molar refractivity (Wildman–Crippen MR) is 71.9 cm³/mol. The molecule has 19 heavy (non-hydrogen) atoms. The predicted octanol–water partition coefficient (Wildman–Crippen LogP) is 1.35. The Kier molecular flexibility index (Phi) is 5.27. The first-order valence-corrected chi connectivity index (χ1v) is 7.40. The van der Waals surface area contributed by atoms with Crippen molar-refractivity contribution in [1.29, 1.82) is 0 Å². The first-order chi connectivity index (χ1) is 8.78. The first kappa shape index (κ1) is 15.9. The molecular formula is C10H13BrFN3O3S. The molecule has 0 radical (unpaired) electrons. The third-order valence-corrected chi connectivity index (χ3v) is 4.78. The molecule has 9 heteroatoms. The summed E-state index contributed by atoms with van der Waals surface area (Å²) in [4.78, 5) is -0.419. The zero-order valence-corrected chi connectivity index (χ0v) is 12.4. The van der Waals surface area contributed by atoms with E-state index in [1.165, 1.54) is 19.2 Å². The van der Waals surface area contributed by atoms with Crippen LogP contribution < -0.4 is 5.73 Å². The van der Waals surface area contributed by atoms with E-state index in [1.807, 2.05) is 0 Å². The molecule has 1 rings (SSSR count). The minimum Gasteiger partial charge on any atom is -0.409 e. The summed E-state index contributed by atoms with van der Waals surface area (Å²) >= 11 is 3.05. The molecule has 0 fully saturated rings. The van der Waals surface area contributed by atoms with Gasteiger partial charge in [0.1, 0.15) is 16.5 Å². The summed E-state index contributed by atoms with van der Waals surface area (Å²) in [6.45, 7) is -0.0201. The minimum absolute atomic E-state index is 0.0201. The van der Waals surface area contributed by atoms with Crippen LogP contribution in [-0.2, 0) is 10.0 Å². The molecule has 6 nitrogen and oxygen atoms in total.